The highest BCUT2D eigenvalue weighted by Crippen LogP contribution is 2.13. The van der Waals surface area contributed by atoms with Gasteiger partial charge in [-0.1, -0.05) is 0 Å². The minimum Gasteiger partial charge on any atom is -0.469 e. The molecule has 21 heavy (non-hydrogen) atoms. The predicted octanol–water partition coefficient (Wildman–Crippen LogP) is 0.876. The first-order valence-corrected chi connectivity index (χ1v) is 7.77. The van der Waals surface area contributed by atoms with E-state index in [0.717, 1.165) is 0 Å². The lowest BCUT2D eigenvalue weighted by molar-refractivity contribution is -0.140. The molecule has 1 aromatic carbocycles. The summed E-state index contributed by atoms with van der Waals surface area (Å²) in [5.41, 5.74) is 0.521. The van der Waals surface area contributed by atoms with Crippen LogP contribution >= 0.6 is 0 Å². The second-order valence-electron chi connectivity index (χ2n) is 4.28. The van der Waals surface area contributed by atoms with Crippen LogP contribution in [-0.2, 0) is 24.3 Å². The number of rotatable bonds is 7. The van der Waals surface area contributed by atoms with E-state index in [0.29, 0.717) is 12.1 Å². The van der Waals surface area contributed by atoms with Gasteiger partial charge in [0.2, 0.25) is 15.9 Å². The average molecular weight is 314 g/mol. The number of hydrogen-bond acceptors (Lipinski definition) is 5. The lowest BCUT2D eigenvalue weighted by Gasteiger charge is -2.07. The molecule has 0 heterocycles. The molecule has 1 rings (SSSR count). The maximum Gasteiger partial charge on any atom is 0.305 e. The van der Waals surface area contributed by atoms with E-state index in [9.17, 15) is 18.0 Å². The largest absolute Gasteiger partial charge is 0.469 e. The summed E-state index contributed by atoms with van der Waals surface area (Å²) in [6.45, 7) is 1.51. The Morgan fingerprint density at radius 2 is 1.81 bits per heavy atom. The molecule has 0 aliphatic heterocycles. The van der Waals surface area contributed by atoms with Gasteiger partial charge in [0.15, 0.2) is 0 Å². The van der Waals surface area contributed by atoms with Gasteiger partial charge in [-0.05, 0) is 30.7 Å². The Morgan fingerprint density at radius 3 is 2.33 bits per heavy atom. The normalized spacial score (nSPS) is 11.0. The number of carbonyl (C=O) groups is 2. The summed E-state index contributed by atoms with van der Waals surface area (Å²) in [5, 5.41) is 2.55. The van der Waals surface area contributed by atoms with Gasteiger partial charge in [0.05, 0.1) is 12.0 Å². The highest BCUT2D eigenvalue weighted by atomic mass is 32.2. The molecule has 0 aliphatic carbocycles. The molecule has 2 N–H and O–H groups in total. The standard InChI is InChI=1S/C13H18N2O5S/c1-10(16)15-11-5-7-12(8-6-11)21(18,19)14-9-3-4-13(17)20-2/h5-8,14H,3-4,9H2,1-2H3,(H,15,16). The van der Waals surface area contributed by atoms with Crippen molar-refractivity contribution < 1.29 is 22.7 Å². The van der Waals surface area contributed by atoms with E-state index in [2.05, 4.69) is 14.8 Å². The highest BCUT2D eigenvalue weighted by molar-refractivity contribution is 7.89. The van der Waals surface area contributed by atoms with Crippen LogP contribution in [0.1, 0.15) is 19.8 Å². The summed E-state index contributed by atoms with van der Waals surface area (Å²) < 4.78 is 30.8. The van der Waals surface area contributed by atoms with E-state index in [4.69, 9.17) is 0 Å². The van der Waals surface area contributed by atoms with Crippen LogP contribution in [0.3, 0.4) is 0 Å². The topological polar surface area (TPSA) is 102 Å². The number of methoxy groups -OCH3 is 1. The monoisotopic (exact) mass is 314 g/mol. The third kappa shape index (κ3) is 5.92. The number of benzene rings is 1. The number of anilines is 1. The highest BCUT2D eigenvalue weighted by Gasteiger charge is 2.13. The van der Waals surface area contributed by atoms with Crippen molar-refractivity contribution in [2.24, 2.45) is 0 Å². The van der Waals surface area contributed by atoms with Gasteiger partial charge in [0.25, 0.3) is 0 Å². The Bertz CT molecular complexity index is 595. The molecule has 1 aromatic rings. The molecule has 116 valence electrons. The molecule has 0 radical (unpaired) electrons. The number of esters is 1. The van der Waals surface area contributed by atoms with Crippen LogP contribution in [0.4, 0.5) is 5.69 Å². The number of ether oxygens (including phenoxy) is 1. The molecule has 0 saturated heterocycles. The molecule has 7 nitrogen and oxygen atoms in total. The second kappa shape index (κ2) is 7.75. The maximum absolute atomic E-state index is 12.0. The SMILES string of the molecule is COC(=O)CCCNS(=O)(=O)c1ccc(NC(C)=O)cc1. The van der Waals surface area contributed by atoms with Crippen molar-refractivity contribution in [3.8, 4) is 0 Å². The van der Waals surface area contributed by atoms with Crippen molar-refractivity contribution in [1.82, 2.24) is 4.72 Å². The minimum atomic E-state index is -3.62. The fourth-order valence-corrected chi connectivity index (χ4v) is 2.62. The van der Waals surface area contributed by atoms with Gasteiger partial charge < -0.3 is 10.1 Å². The van der Waals surface area contributed by atoms with Gasteiger partial charge in [0, 0.05) is 25.6 Å². The van der Waals surface area contributed by atoms with Crippen LogP contribution in [0.5, 0.6) is 0 Å². The summed E-state index contributed by atoms with van der Waals surface area (Å²) in [7, 11) is -2.34. The van der Waals surface area contributed by atoms with Crippen LogP contribution in [0.2, 0.25) is 0 Å². The third-order valence-corrected chi connectivity index (χ3v) is 4.04. The van der Waals surface area contributed by atoms with E-state index < -0.39 is 10.0 Å². The quantitative estimate of drug-likeness (QED) is 0.574. The van der Waals surface area contributed by atoms with Gasteiger partial charge in [-0.3, -0.25) is 9.59 Å². The van der Waals surface area contributed by atoms with E-state index in [1.54, 1.807) is 0 Å². The average Bonchev–Trinajstić information content (AvgIpc) is 2.43. The van der Waals surface area contributed by atoms with Gasteiger partial charge in [-0.2, -0.15) is 0 Å². The van der Waals surface area contributed by atoms with Crippen LogP contribution in [0.15, 0.2) is 29.2 Å². The van der Waals surface area contributed by atoms with Crippen molar-refractivity contribution in [3.63, 3.8) is 0 Å². The van der Waals surface area contributed by atoms with Crippen molar-refractivity contribution >= 4 is 27.6 Å². The fraction of sp³-hybridized carbons (Fsp3) is 0.385. The molecule has 0 fully saturated rings. The predicted molar refractivity (Wildman–Crippen MR) is 77.2 cm³/mol. The zero-order chi connectivity index (χ0) is 15.9. The zero-order valence-electron chi connectivity index (χ0n) is 11.9. The molecular weight excluding hydrogens is 296 g/mol. The number of sulfonamides is 1. The summed E-state index contributed by atoms with van der Waals surface area (Å²) in [4.78, 5) is 21.9. The van der Waals surface area contributed by atoms with Gasteiger partial charge in [-0.15, -0.1) is 0 Å². The molecule has 0 unspecified atom stereocenters. The van der Waals surface area contributed by atoms with Gasteiger partial charge >= 0.3 is 5.97 Å². The Hall–Kier alpha value is -1.93. The Kier molecular flexibility index (Phi) is 6.32. The van der Waals surface area contributed by atoms with Crippen molar-refractivity contribution in [2.75, 3.05) is 19.0 Å². The lowest BCUT2D eigenvalue weighted by Crippen LogP contribution is -2.25. The van der Waals surface area contributed by atoms with E-state index in [1.165, 1.54) is 38.3 Å². The van der Waals surface area contributed by atoms with Crippen molar-refractivity contribution in [1.29, 1.82) is 0 Å². The van der Waals surface area contributed by atoms with Crippen LogP contribution in [0.25, 0.3) is 0 Å². The van der Waals surface area contributed by atoms with Gasteiger partial charge in [0.1, 0.15) is 0 Å². The molecule has 0 spiro atoms. The van der Waals surface area contributed by atoms with E-state index in [1.807, 2.05) is 0 Å². The summed E-state index contributed by atoms with van der Waals surface area (Å²) in [5.74, 6) is -0.611. The Morgan fingerprint density at radius 1 is 1.19 bits per heavy atom. The first kappa shape index (κ1) is 17.1. The zero-order valence-corrected chi connectivity index (χ0v) is 12.7. The summed E-state index contributed by atoms with van der Waals surface area (Å²) in [6, 6.07) is 5.80. The van der Waals surface area contributed by atoms with Crippen LogP contribution < -0.4 is 10.0 Å². The molecule has 0 bridgehead atoms. The molecule has 0 aliphatic rings. The fourth-order valence-electron chi connectivity index (χ4n) is 1.55. The minimum absolute atomic E-state index is 0.0923. The second-order valence-corrected chi connectivity index (χ2v) is 6.05. The number of amides is 1. The van der Waals surface area contributed by atoms with E-state index >= 15 is 0 Å². The lowest BCUT2D eigenvalue weighted by atomic mass is 10.3. The molecule has 0 saturated carbocycles. The number of carbonyl (C=O) groups excluding carboxylic acids is 2. The van der Waals surface area contributed by atoms with E-state index in [-0.39, 0.29) is 29.7 Å². The Labute approximate surface area is 123 Å². The Balaban J connectivity index is 2.57. The summed E-state index contributed by atoms with van der Waals surface area (Å²) >= 11 is 0. The first-order valence-electron chi connectivity index (χ1n) is 6.29. The number of hydrogen-bond donors (Lipinski definition) is 2. The number of nitrogens with one attached hydrogen (secondary N) is 2. The van der Waals surface area contributed by atoms with Gasteiger partial charge in [-0.25, -0.2) is 13.1 Å². The van der Waals surface area contributed by atoms with Crippen molar-refractivity contribution in [2.45, 2.75) is 24.7 Å². The molecule has 0 aromatic heterocycles. The summed E-state index contributed by atoms with van der Waals surface area (Å²) in [6.07, 6.45) is 0.510. The molecular formula is C13H18N2O5S. The molecule has 8 heteroatoms. The first-order chi connectivity index (χ1) is 9.85. The molecule has 1 amide bonds. The van der Waals surface area contributed by atoms with Crippen molar-refractivity contribution in [3.05, 3.63) is 24.3 Å². The third-order valence-electron chi connectivity index (χ3n) is 2.56. The smallest absolute Gasteiger partial charge is 0.305 e. The van der Waals surface area contributed by atoms with Crippen LogP contribution in [0, 0.1) is 0 Å². The maximum atomic E-state index is 12.0. The molecule has 0 atom stereocenters. The van der Waals surface area contributed by atoms with Crippen LogP contribution in [-0.4, -0.2) is 33.9 Å².